The van der Waals surface area contributed by atoms with Gasteiger partial charge in [0.05, 0.1) is 0 Å². The van der Waals surface area contributed by atoms with E-state index in [4.69, 9.17) is 4.74 Å². The third-order valence-corrected chi connectivity index (χ3v) is 1.61. The van der Waals surface area contributed by atoms with Crippen LogP contribution >= 0.6 is 0 Å². The average molecular weight is 114 g/mol. The largest absolute Gasteiger partial charge is 0.381 e. The van der Waals surface area contributed by atoms with Crippen molar-refractivity contribution in [2.75, 3.05) is 13.2 Å². The van der Waals surface area contributed by atoms with E-state index in [1.165, 1.54) is 6.42 Å². The lowest BCUT2D eigenvalue weighted by Crippen LogP contribution is -2.21. The van der Waals surface area contributed by atoms with Crippen LogP contribution in [0.2, 0.25) is 0 Å². The molecule has 0 saturated carbocycles. The van der Waals surface area contributed by atoms with E-state index in [1.807, 2.05) is 0 Å². The van der Waals surface area contributed by atoms with Gasteiger partial charge < -0.3 is 4.74 Å². The molecule has 1 saturated heterocycles. The van der Waals surface area contributed by atoms with Gasteiger partial charge in [0.2, 0.25) is 0 Å². The zero-order valence-electron chi connectivity index (χ0n) is 5.68. The Balaban J connectivity index is 2.23. The van der Waals surface area contributed by atoms with E-state index in [9.17, 15) is 0 Å². The van der Waals surface area contributed by atoms with Crippen LogP contribution in [0.1, 0.15) is 20.3 Å². The zero-order chi connectivity index (χ0) is 5.98. The summed E-state index contributed by atoms with van der Waals surface area (Å²) in [6.45, 7) is 6.44. The zero-order valence-corrected chi connectivity index (χ0v) is 5.68. The first kappa shape index (κ1) is 6.09. The number of ether oxygens (including phenoxy) is 1. The van der Waals surface area contributed by atoms with Crippen molar-refractivity contribution in [1.82, 2.24) is 0 Å². The Bertz CT molecular complexity index is 62.8. The normalized spacial score (nSPS) is 39.8. The Morgan fingerprint density at radius 3 is 1.88 bits per heavy atom. The second-order valence-electron chi connectivity index (χ2n) is 2.98. The SMILES string of the molecule is C[C@H]1COC[C@H](C)C1. The maximum atomic E-state index is 5.29. The van der Waals surface area contributed by atoms with Crippen LogP contribution in [-0.2, 0) is 4.74 Å². The van der Waals surface area contributed by atoms with Crippen molar-refractivity contribution in [1.29, 1.82) is 0 Å². The van der Waals surface area contributed by atoms with Gasteiger partial charge in [-0.25, -0.2) is 0 Å². The molecule has 0 aliphatic carbocycles. The Kier molecular flexibility index (Phi) is 1.90. The smallest absolute Gasteiger partial charge is 0.0491 e. The molecule has 0 N–H and O–H groups in total. The third-order valence-electron chi connectivity index (χ3n) is 1.61. The number of hydrogen-bond acceptors (Lipinski definition) is 1. The van der Waals surface area contributed by atoms with Crippen LogP contribution in [0.3, 0.4) is 0 Å². The van der Waals surface area contributed by atoms with Gasteiger partial charge in [-0.05, 0) is 18.3 Å². The molecule has 0 spiro atoms. The molecule has 0 aromatic rings. The summed E-state index contributed by atoms with van der Waals surface area (Å²) in [7, 11) is 0. The van der Waals surface area contributed by atoms with Crippen LogP contribution in [-0.4, -0.2) is 13.2 Å². The molecule has 2 atom stereocenters. The Morgan fingerprint density at radius 2 is 1.62 bits per heavy atom. The summed E-state index contributed by atoms with van der Waals surface area (Å²) in [6, 6.07) is 0. The van der Waals surface area contributed by atoms with Gasteiger partial charge in [-0.1, -0.05) is 13.8 Å². The highest BCUT2D eigenvalue weighted by atomic mass is 16.5. The van der Waals surface area contributed by atoms with Gasteiger partial charge in [0, 0.05) is 13.2 Å². The van der Waals surface area contributed by atoms with Gasteiger partial charge in [-0.2, -0.15) is 0 Å². The van der Waals surface area contributed by atoms with Crippen molar-refractivity contribution in [2.45, 2.75) is 20.3 Å². The lowest BCUT2D eigenvalue weighted by Gasteiger charge is -2.23. The van der Waals surface area contributed by atoms with Crippen molar-refractivity contribution < 1.29 is 4.74 Å². The maximum absolute atomic E-state index is 5.29. The van der Waals surface area contributed by atoms with Crippen LogP contribution in [0, 0.1) is 11.8 Å². The minimum absolute atomic E-state index is 0.791. The molecule has 1 nitrogen and oxygen atoms in total. The predicted octanol–water partition coefficient (Wildman–Crippen LogP) is 1.68. The second-order valence-corrected chi connectivity index (χ2v) is 2.98. The van der Waals surface area contributed by atoms with Gasteiger partial charge in [-0.15, -0.1) is 0 Å². The molecular weight excluding hydrogens is 100 g/mol. The highest BCUT2D eigenvalue weighted by Gasteiger charge is 2.14. The molecule has 0 bridgehead atoms. The first-order chi connectivity index (χ1) is 3.79. The van der Waals surface area contributed by atoms with Crippen LogP contribution in [0.5, 0.6) is 0 Å². The highest BCUT2D eigenvalue weighted by molar-refractivity contribution is 4.62. The molecule has 48 valence electrons. The van der Waals surface area contributed by atoms with Gasteiger partial charge in [0.1, 0.15) is 0 Å². The molecule has 8 heavy (non-hydrogen) atoms. The summed E-state index contributed by atoms with van der Waals surface area (Å²) in [4.78, 5) is 0. The summed E-state index contributed by atoms with van der Waals surface area (Å²) in [5, 5.41) is 0. The van der Waals surface area contributed by atoms with Crippen LogP contribution in [0.15, 0.2) is 0 Å². The van der Waals surface area contributed by atoms with Crippen LogP contribution < -0.4 is 0 Å². The minimum Gasteiger partial charge on any atom is -0.381 e. The van der Waals surface area contributed by atoms with Crippen molar-refractivity contribution in [3.63, 3.8) is 0 Å². The topological polar surface area (TPSA) is 9.23 Å². The van der Waals surface area contributed by atoms with E-state index in [1.54, 1.807) is 0 Å². The van der Waals surface area contributed by atoms with Crippen molar-refractivity contribution in [3.05, 3.63) is 0 Å². The van der Waals surface area contributed by atoms with E-state index in [0.717, 1.165) is 25.0 Å². The highest BCUT2D eigenvalue weighted by Crippen LogP contribution is 2.17. The van der Waals surface area contributed by atoms with E-state index < -0.39 is 0 Å². The van der Waals surface area contributed by atoms with Crippen molar-refractivity contribution >= 4 is 0 Å². The molecule has 1 heteroatoms. The summed E-state index contributed by atoms with van der Waals surface area (Å²) < 4.78 is 5.29. The lowest BCUT2D eigenvalue weighted by molar-refractivity contribution is 0.0274. The molecule has 0 aromatic carbocycles. The molecule has 0 aromatic heterocycles. The molecule has 1 aliphatic heterocycles. The first-order valence-electron chi connectivity index (χ1n) is 3.37. The number of rotatable bonds is 0. The van der Waals surface area contributed by atoms with E-state index >= 15 is 0 Å². The van der Waals surface area contributed by atoms with E-state index in [0.29, 0.717) is 0 Å². The van der Waals surface area contributed by atoms with Gasteiger partial charge in [0.15, 0.2) is 0 Å². The van der Waals surface area contributed by atoms with Crippen molar-refractivity contribution in [3.8, 4) is 0 Å². The molecule has 1 heterocycles. The fourth-order valence-corrected chi connectivity index (χ4v) is 1.29. The van der Waals surface area contributed by atoms with Gasteiger partial charge >= 0.3 is 0 Å². The molecule has 1 aliphatic rings. The first-order valence-corrected chi connectivity index (χ1v) is 3.37. The maximum Gasteiger partial charge on any atom is 0.0491 e. The lowest BCUT2D eigenvalue weighted by atomic mass is 9.96. The minimum atomic E-state index is 0.791. The molecule has 1 rings (SSSR count). The molecule has 0 amide bonds. The Morgan fingerprint density at radius 1 is 1.12 bits per heavy atom. The third kappa shape index (κ3) is 1.48. The predicted molar refractivity (Wildman–Crippen MR) is 33.8 cm³/mol. The summed E-state index contributed by atoms with van der Waals surface area (Å²) >= 11 is 0. The molecule has 0 unspecified atom stereocenters. The standard InChI is InChI=1S/C7H14O/c1-6-3-7(2)5-8-4-6/h6-7H,3-5H2,1-2H3/t6-,7-/m1/s1. The molecular formula is C7H14O. The quantitative estimate of drug-likeness (QED) is 0.465. The van der Waals surface area contributed by atoms with E-state index in [2.05, 4.69) is 13.8 Å². The average Bonchev–Trinajstić information content (AvgIpc) is 1.64. The summed E-state index contributed by atoms with van der Waals surface area (Å²) in [5.41, 5.74) is 0. The van der Waals surface area contributed by atoms with Crippen molar-refractivity contribution in [2.24, 2.45) is 11.8 Å². The Hall–Kier alpha value is -0.0400. The van der Waals surface area contributed by atoms with Gasteiger partial charge in [0.25, 0.3) is 0 Å². The van der Waals surface area contributed by atoms with E-state index in [-0.39, 0.29) is 0 Å². The summed E-state index contributed by atoms with van der Waals surface area (Å²) in [6.07, 6.45) is 1.35. The second kappa shape index (κ2) is 2.49. The fourth-order valence-electron chi connectivity index (χ4n) is 1.29. The fraction of sp³-hybridized carbons (Fsp3) is 1.00. The Labute approximate surface area is 51.0 Å². The van der Waals surface area contributed by atoms with Crippen LogP contribution in [0.4, 0.5) is 0 Å². The molecule has 0 radical (unpaired) electrons. The van der Waals surface area contributed by atoms with Gasteiger partial charge in [-0.3, -0.25) is 0 Å². The molecule has 1 fully saturated rings. The number of hydrogen-bond donors (Lipinski definition) is 0. The summed E-state index contributed by atoms with van der Waals surface area (Å²) in [5.74, 6) is 1.58. The van der Waals surface area contributed by atoms with Crippen LogP contribution in [0.25, 0.3) is 0 Å². The monoisotopic (exact) mass is 114 g/mol.